The fourth-order valence-corrected chi connectivity index (χ4v) is 9.66. The predicted molar refractivity (Wildman–Crippen MR) is 242 cm³/mol. The number of benzene rings is 4. The van der Waals surface area contributed by atoms with Crippen molar-refractivity contribution < 1.29 is 28.5 Å². The van der Waals surface area contributed by atoms with Crippen molar-refractivity contribution in [1.82, 2.24) is 25.3 Å². The summed E-state index contributed by atoms with van der Waals surface area (Å²) in [5.74, 6) is 0.00345. The summed E-state index contributed by atoms with van der Waals surface area (Å²) in [6.45, 7) is 5.06. The van der Waals surface area contributed by atoms with Crippen LogP contribution < -0.4 is 26.2 Å². The van der Waals surface area contributed by atoms with Gasteiger partial charge < -0.3 is 19.8 Å². The molecule has 4 N–H and O–H groups in total. The molecule has 326 valence electrons. The molecule has 0 bridgehead atoms. The molecule has 4 aromatic carbocycles. The summed E-state index contributed by atoms with van der Waals surface area (Å²) < 4.78 is 14.2. The number of piperidine rings is 2. The molecule has 5 aromatic rings. The molecule has 1 unspecified atom stereocenters. The molecule has 2 aliphatic heterocycles. The average Bonchev–Trinajstić information content (AvgIpc) is 3.98. The third-order valence-electron chi connectivity index (χ3n) is 11.9. The SMILES string of the molecule is O=C1CCC(c2coc3ccc(OCCCNC(=O)c4ccc(CN(CC5CCNCC5)ONc5ccc(SN(Cc6ccc(Cl)cc6)C6CCCC6)cc5)cc4)cc23)C(=O)N1. The second kappa shape index (κ2) is 21.5. The Morgan fingerprint density at radius 1 is 0.871 bits per heavy atom. The predicted octanol–water partition coefficient (Wildman–Crippen LogP) is 9.02. The molecular formula is C48H55ClN6O6S. The Hall–Kier alpha value is -4.89. The molecule has 8 rings (SSSR count). The summed E-state index contributed by atoms with van der Waals surface area (Å²) >= 11 is 7.98. The molecule has 1 aromatic heterocycles. The van der Waals surface area contributed by atoms with E-state index >= 15 is 0 Å². The van der Waals surface area contributed by atoms with Gasteiger partial charge in [-0.05, 0) is 147 Å². The van der Waals surface area contributed by atoms with Gasteiger partial charge in [0, 0.05) is 58.5 Å². The zero-order valence-electron chi connectivity index (χ0n) is 34.9. The van der Waals surface area contributed by atoms with Gasteiger partial charge in [0.2, 0.25) is 11.8 Å². The molecule has 14 heteroatoms. The van der Waals surface area contributed by atoms with Crippen molar-refractivity contribution in [2.75, 3.05) is 38.3 Å². The van der Waals surface area contributed by atoms with Crippen molar-refractivity contribution in [3.63, 3.8) is 0 Å². The summed E-state index contributed by atoms with van der Waals surface area (Å²) in [7, 11) is 0. The molecule has 3 fully saturated rings. The van der Waals surface area contributed by atoms with Crippen LogP contribution in [0.25, 0.3) is 11.0 Å². The molecule has 12 nitrogen and oxygen atoms in total. The summed E-state index contributed by atoms with van der Waals surface area (Å²) in [6, 6.07) is 30.3. The van der Waals surface area contributed by atoms with Crippen molar-refractivity contribution in [3.05, 3.63) is 125 Å². The van der Waals surface area contributed by atoms with Crippen LogP contribution in [0.2, 0.25) is 5.02 Å². The topological polar surface area (TPSA) is 137 Å². The van der Waals surface area contributed by atoms with Crippen molar-refractivity contribution in [2.45, 2.75) is 87.7 Å². The number of imide groups is 1. The number of ether oxygens (including phenoxy) is 1. The molecule has 62 heavy (non-hydrogen) atoms. The van der Waals surface area contributed by atoms with Gasteiger partial charge in [-0.15, -0.1) is 0 Å². The highest BCUT2D eigenvalue weighted by atomic mass is 35.5. The van der Waals surface area contributed by atoms with Crippen LogP contribution >= 0.6 is 23.5 Å². The number of hydrogen-bond donors (Lipinski definition) is 4. The van der Waals surface area contributed by atoms with Crippen LogP contribution in [0.1, 0.15) is 90.8 Å². The highest BCUT2D eigenvalue weighted by molar-refractivity contribution is 7.97. The van der Waals surface area contributed by atoms with E-state index in [-0.39, 0.29) is 17.7 Å². The second-order valence-electron chi connectivity index (χ2n) is 16.5. The van der Waals surface area contributed by atoms with Crippen LogP contribution in [0.4, 0.5) is 5.69 Å². The zero-order chi connectivity index (χ0) is 42.7. The Kier molecular flexibility index (Phi) is 15.1. The first-order valence-electron chi connectivity index (χ1n) is 21.9. The Morgan fingerprint density at radius 2 is 1.61 bits per heavy atom. The quantitative estimate of drug-likeness (QED) is 0.0274. The van der Waals surface area contributed by atoms with Gasteiger partial charge in [0.15, 0.2) is 0 Å². The van der Waals surface area contributed by atoms with Crippen molar-refractivity contribution in [3.8, 4) is 5.75 Å². The lowest BCUT2D eigenvalue weighted by Gasteiger charge is -2.29. The van der Waals surface area contributed by atoms with Crippen molar-refractivity contribution in [2.24, 2.45) is 5.92 Å². The normalized spacial score (nSPS) is 17.5. The van der Waals surface area contributed by atoms with Crippen LogP contribution in [0.15, 0.2) is 107 Å². The molecule has 0 radical (unpaired) electrons. The number of rotatable bonds is 19. The molecule has 3 aliphatic rings. The van der Waals surface area contributed by atoms with E-state index in [0.717, 1.165) is 66.2 Å². The zero-order valence-corrected chi connectivity index (χ0v) is 36.5. The van der Waals surface area contributed by atoms with Gasteiger partial charge in [0.25, 0.3) is 5.91 Å². The monoisotopic (exact) mass is 878 g/mol. The maximum atomic E-state index is 13.1. The highest BCUT2D eigenvalue weighted by Gasteiger charge is 2.31. The van der Waals surface area contributed by atoms with E-state index in [1.54, 1.807) is 6.26 Å². The number of amides is 3. The first kappa shape index (κ1) is 43.7. The Labute approximate surface area is 372 Å². The highest BCUT2D eigenvalue weighted by Crippen LogP contribution is 2.36. The van der Waals surface area contributed by atoms with Crippen LogP contribution in [0.3, 0.4) is 0 Å². The van der Waals surface area contributed by atoms with Gasteiger partial charge in [0.05, 0.1) is 31.0 Å². The minimum absolute atomic E-state index is 0.146. The number of fused-ring (bicyclic) bond motifs is 1. The maximum Gasteiger partial charge on any atom is 0.251 e. The molecule has 3 heterocycles. The summed E-state index contributed by atoms with van der Waals surface area (Å²) in [4.78, 5) is 44.6. The lowest BCUT2D eigenvalue weighted by Crippen LogP contribution is -2.39. The van der Waals surface area contributed by atoms with Gasteiger partial charge in [-0.2, -0.15) is 10.0 Å². The lowest BCUT2D eigenvalue weighted by atomic mass is 9.90. The van der Waals surface area contributed by atoms with Gasteiger partial charge >= 0.3 is 0 Å². The van der Waals surface area contributed by atoms with E-state index in [4.69, 9.17) is 25.7 Å². The standard InChI is InChI=1S/C48H55ClN6O6S/c49-37-12-8-34(9-13-37)31-55(39-4-1-2-5-39)62-41-17-14-38(15-18-41)53-61-54(30-35-22-25-50-26-23-35)29-33-6-10-36(11-7-33)47(57)51-24-3-27-59-40-16-20-45-43(28-40)44(32-60-45)42-19-21-46(56)52-48(42)58/h6-18,20,28,32,35,39,42,50,53H,1-5,19,21-27,29-31H2,(H,51,57)(H,52,56,58). The molecule has 1 saturated carbocycles. The van der Waals surface area contributed by atoms with Crippen LogP contribution in [-0.2, 0) is 27.6 Å². The van der Waals surface area contributed by atoms with E-state index < -0.39 is 5.92 Å². The number of nitrogens with one attached hydrogen (secondary N) is 4. The number of hydroxylamine groups is 2. The molecule has 1 atom stereocenters. The second-order valence-corrected chi connectivity index (χ2v) is 18.0. The minimum atomic E-state index is -0.443. The smallest absolute Gasteiger partial charge is 0.251 e. The Balaban J connectivity index is 0.806. The summed E-state index contributed by atoms with van der Waals surface area (Å²) in [5.41, 5.74) is 8.37. The third kappa shape index (κ3) is 12.0. The number of carbonyl (C=O) groups excluding carboxylic acids is 3. The largest absolute Gasteiger partial charge is 0.494 e. The van der Waals surface area contributed by atoms with Crippen LogP contribution in [-0.4, -0.2) is 65.9 Å². The number of furan rings is 1. The maximum absolute atomic E-state index is 13.1. The minimum Gasteiger partial charge on any atom is -0.494 e. The summed E-state index contributed by atoms with van der Waals surface area (Å²) in [6.07, 6.45) is 10.1. The molecular weight excluding hydrogens is 824 g/mol. The number of nitrogens with zero attached hydrogens (tertiary/aromatic N) is 2. The van der Waals surface area contributed by atoms with E-state index in [2.05, 4.69) is 62.1 Å². The molecule has 0 spiro atoms. The fourth-order valence-electron chi connectivity index (χ4n) is 8.43. The Bertz CT molecular complexity index is 2260. The fraction of sp³-hybridized carbons (Fsp3) is 0.396. The van der Waals surface area contributed by atoms with E-state index in [1.165, 1.54) is 36.1 Å². The van der Waals surface area contributed by atoms with Gasteiger partial charge in [0.1, 0.15) is 11.3 Å². The average molecular weight is 880 g/mol. The van der Waals surface area contributed by atoms with E-state index in [1.807, 2.05) is 71.6 Å². The van der Waals surface area contributed by atoms with Crippen LogP contribution in [0, 0.1) is 5.92 Å². The molecule has 2 saturated heterocycles. The number of halogens is 1. The number of carbonyl (C=O) groups is 3. The Morgan fingerprint density at radius 3 is 2.37 bits per heavy atom. The van der Waals surface area contributed by atoms with Crippen molar-refractivity contribution >= 4 is 57.9 Å². The first-order valence-corrected chi connectivity index (χ1v) is 23.0. The van der Waals surface area contributed by atoms with E-state index in [9.17, 15) is 14.4 Å². The van der Waals surface area contributed by atoms with Gasteiger partial charge in [-0.25, -0.2) is 9.79 Å². The lowest BCUT2D eigenvalue weighted by molar-refractivity contribution is -0.149. The van der Waals surface area contributed by atoms with Gasteiger partial charge in [-0.1, -0.05) is 48.7 Å². The number of anilines is 1. The number of hydrogen-bond acceptors (Lipinski definition) is 11. The first-order chi connectivity index (χ1) is 30.3. The summed E-state index contributed by atoms with van der Waals surface area (Å²) in [5, 5.41) is 12.4. The van der Waals surface area contributed by atoms with Crippen LogP contribution in [0.5, 0.6) is 5.75 Å². The van der Waals surface area contributed by atoms with Crippen molar-refractivity contribution in [1.29, 1.82) is 0 Å². The van der Waals surface area contributed by atoms with Gasteiger partial charge in [-0.3, -0.25) is 19.7 Å². The molecule has 1 aliphatic carbocycles. The molecule has 3 amide bonds. The van der Waals surface area contributed by atoms with E-state index in [0.29, 0.717) is 67.8 Å². The third-order valence-corrected chi connectivity index (χ3v) is 13.3.